The van der Waals surface area contributed by atoms with Crippen molar-refractivity contribution >= 4 is 6.08 Å². The molecule has 0 saturated heterocycles. The predicted molar refractivity (Wildman–Crippen MR) is 57.2 cm³/mol. The maximum atomic E-state index is 13.2. The third kappa shape index (κ3) is 2.41. The van der Waals surface area contributed by atoms with Gasteiger partial charge in [0.2, 0.25) is 0 Å². The van der Waals surface area contributed by atoms with Gasteiger partial charge in [0.05, 0.1) is 0 Å². The summed E-state index contributed by atoms with van der Waals surface area (Å²) in [5.74, 6) is -2.89. The second-order valence-corrected chi connectivity index (χ2v) is 2.81. The van der Waals surface area contributed by atoms with E-state index in [0.717, 1.165) is 6.08 Å². The molecule has 0 N–H and O–H groups in total. The smallest absolute Gasteiger partial charge is 0.166 e. The largest absolute Gasteiger partial charge is 0.206 e. The van der Waals surface area contributed by atoms with Crippen LogP contribution in [0.2, 0.25) is 0 Å². The number of rotatable bonds is 1. The topological polar surface area (TPSA) is 0 Å². The summed E-state index contributed by atoms with van der Waals surface area (Å²) >= 11 is 0. The molecule has 0 fully saturated rings. The fourth-order valence-corrected chi connectivity index (χ4v) is 1.19. The monoisotopic (exact) mass is 216 g/mol. The second-order valence-electron chi connectivity index (χ2n) is 2.81. The van der Waals surface area contributed by atoms with Crippen LogP contribution in [0.3, 0.4) is 0 Å². The first-order chi connectivity index (χ1) is 7.00. The van der Waals surface area contributed by atoms with Crippen molar-refractivity contribution in [2.45, 2.75) is 27.7 Å². The van der Waals surface area contributed by atoms with E-state index in [-0.39, 0.29) is 16.7 Å². The van der Waals surface area contributed by atoms with Crippen LogP contribution in [0.25, 0.3) is 6.08 Å². The quantitative estimate of drug-likeness (QED) is 0.611. The molecule has 0 aliphatic rings. The Hall–Kier alpha value is -1.25. The lowest BCUT2D eigenvalue weighted by atomic mass is 10.0. The standard InChI is InChI=1S/C10H9F3.C2H6/c1-4-7-5(2)8(11)6(3)9(12)10(7)13;1-2/h4H,1H2,2-3H3;1-2H3. The maximum absolute atomic E-state index is 13.2. The van der Waals surface area contributed by atoms with Gasteiger partial charge in [-0.25, -0.2) is 13.2 Å². The first-order valence-corrected chi connectivity index (χ1v) is 4.76. The first kappa shape index (κ1) is 13.8. The molecule has 0 heterocycles. The molecule has 0 amide bonds. The van der Waals surface area contributed by atoms with E-state index in [9.17, 15) is 13.2 Å². The van der Waals surface area contributed by atoms with Crippen LogP contribution in [0, 0.1) is 31.3 Å². The number of hydrogen-bond acceptors (Lipinski definition) is 0. The molecule has 15 heavy (non-hydrogen) atoms. The van der Waals surface area contributed by atoms with Crippen molar-refractivity contribution < 1.29 is 13.2 Å². The molecule has 0 unspecified atom stereocenters. The van der Waals surface area contributed by atoms with Crippen LogP contribution in [-0.2, 0) is 0 Å². The molecule has 3 heteroatoms. The van der Waals surface area contributed by atoms with E-state index >= 15 is 0 Å². The summed E-state index contributed by atoms with van der Waals surface area (Å²) in [6, 6.07) is 0. The van der Waals surface area contributed by atoms with Crippen molar-refractivity contribution in [3.63, 3.8) is 0 Å². The molecule has 0 saturated carbocycles. The zero-order valence-corrected chi connectivity index (χ0v) is 9.42. The Morgan fingerprint density at radius 3 is 1.73 bits per heavy atom. The third-order valence-electron chi connectivity index (χ3n) is 2.03. The lowest BCUT2D eigenvalue weighted by Gasteiger charge is -2.08. The average molecular weight is 216 g/mol. The van der Waals surface area contributed by atoms with Gasteiger partial charge in [-0.1, -0.05) is 26.5 Å². The van der Waals surface area contributed by atoms with Crippen LogP contribution in [-0.4, -0.2) is 0 Å². The van der Waals surface area contributed by atoms with Crippen molar-refractivity contribution in [2.75, 3.05) is 0 Å². The van der Waals surface area contributed by atoms with E-state index in [0.29, 0.717) is 0 Å². The normalized spacial score (nSPS) is 9.27. The highest BCUT2D eigenvalue weighted by Gasteiger charge is 2.17. The van der Waals surface area contributed by atoms with Gasteiger partial charge in [0, 0.05) is 11.1 Å². The van der Waals surface area contributed by atoms with Crippen LogP contribution in [0.1, 0.15) is 30.5 Å². The summed E-state index contributed by atoms with van der Waals surface area (Å²) in [5, 5.41) is 0. The fraction of sp³-hybridized carbons (Fsp3) is 0.333. The van der Waals surface area contributed by atoms with E-state index in [1.807, 2.05) is 13.8 Å². The minimum Gasteiger partial charge on any atom is -0.206 e. The number of hydrogen-bond donors (Lipinski definition) is 0. The lowest BCUT2D eigenvalue weighted by molar-refractivity contribution is 0.481. The van der Waals surface area contributed by atoms with E-state index in [2.05, 4.69) is 6.58 Å². The van der Waals surface area contributed by atoms with Crippen molar-refractivity contribution in [1.29, 1.82) is 0 Å². The molecule has 0 nitrogen and oxygen atoms in total. The summed E-state index contributed by atoms with van der Waals surface area (Å²) in [4.78, 5) is 0. The van der Waals surface area contributed by atoms with E-state index < -0.39 is 17.5 Å². The van der Waals surface area contributed by atoms with Gasteiger partial charge in [-0.05, 0) is 19.4 Å². The Morgan fingerprint density at radius 2 is 1.33 bits per heavy atom. The minimum atomic E-state index is -1.14. The minimum absolute atomic E-state index is 0.0893. The Balaban J connectivity index is 0.000000921. The van der Waals surface area contributed by atoms with Gasteiger partial charge in [0.1, 0.15) is 5.82 Å². The Labute approximate surface area is 88.4 Å². The molecule has 0 aromatic heterocycles. The molecule has 0 radical (unpaired) electrons. The molecular weight excluding hydrogens is 201 g/mol. The first-order valence-electron chi connectivity index (χ1n) is 4.76. The highest BCUT2D eigenvalue weighted by Crippen LogP contribution is 2.24. The average Bonchev–Trinajstić information content (AvgIpc) is 2.27. The van der Waals surface area contributed by atoms with E-state index in [1.165, 1.54) is 13.8 Å². The van der Waals surface area contributed by atoms with E-state index in [1.54, 1.807) is 0 Å². The van der Waals surface area contributed by atoms with Crippen LogP contribution in [0.15, 0.2) is 6.58 Å². The molecule has 0 atom stereocenters. The van der Waals surface area contributed by atoms with Gasteiger partial charge < -0.3 is 0 Å². The molecule has 1 rings (SSSR count). The highest BCUT2D eigenvalue weighted by atomic mass is 19.2. The van der Waals surface area contributed by atoms with Crippen molar-refractivity contribution in [3.8, 4) is 0 Å². The van der Waals surface area contributed by atoms with Crippen molar-refractivity contribution in [2.24, 2.45) is 0 Å². The Kier molecular flexibility index (Phi) is 5.12. The Bertz CT molecular complexity index is 339. The maximum Gasteiger partial charge on any atom is 0.166 e. The Morgan fingerprint density at radius 1 is 0.867 bits per heavy atom. The van der Waals surface area contributed by atoms with Gasteiger partial charge >= 0.3 is 0 Å². The van der Waals surface area contributed by atoms with Crippen LogP contribution in [0.5, 0.6) is 0 Å². The molecular formula is C12H15F3. The fourth-order valence-electron chi connectivity index (χ4n) is 1.19. The van der Waals surface area contributed by atoms with Crippen molar-refractivity contribution in [3.05, 3.63) is 40.7 Å². The zero-order chi connectivity index (χ0) is 12.2. The molecule has 0 aliphatic carbocycles. The van der Waals surface area contributed by atoms with Gasteiger partial charge in [0.25, 0.3) is 0 Å². The van der Waals surface area contributed by atoms with Gasteiger partial charge in [-0.15, -0.1) is 0 Å². The molecule has 1 aromatic carbocycles. The van der Waals surface area contributed by atoms with Crippen LogP contribution >= 0.6 is 0 Å². The number of halogens is 3. The summed E-state index contributed by atoms with van der Waals surface area (Å²) in [7, 11) is 0. The molecule has 0 aliphatic heterocycles. The zero-order valence-electron chi connectivity index (χ0n) is 9.42. The van der Waals surface area contributed by atoms with E-state index in [4.69, 9.17) is 0 Å². The van der Waals surface area contributed by atoms with Gasteiger partial charge in [-0.2, -0.15) is 0 Å². The lowest BCUT2D eigenvalue weighted by Crippen LogP contribution is -2.01. The van der Waals surface area contributed by atoms with Crippen molar-refractivity contribution in [1.82, 2.24) is 0 Å². The summed E-state index contributed by atoms with van der Waals surface area (Å²) in [6.45, 7) is 9.88. The highest BCUT2D eigenvalue weighted by molar-refractivity contribution is 5.54. The third-order valence-corrected chi connectivity index (χ3v) is 2.03. The predicted octanol–water partition coefficient (Wildman–Crippen LogP) is 4.39. The molecule has 84 valence electrons. The number of benzene rings is 1. The summed E-state index contributed by atoms with van der Waals surface area (Å²) in [6.07, 6.45) is 1.11. The second kappa shape index (κ2) is 5.59. The van der Waals surface area contributed by atoms with Gasteiger partial charge in [-0.3, -0.25) is 0 Å². The molecule has 0 spiro atoms. The van der Waals surface area contributed by atoms with Crippen LogP contribution < -0.4 is 0 Å². The molecule has 1 aromatic rings. The molecule has 0 bridgehead atoms. The van der Waals surface area contributed by atoms with Crippen LogP contribution in [0.4, 0.5) is 13.2 Å². The SMILES string of the molecule is C=Cc1c(C)c(F)c(C)c(F)c1F.CC. The summed E-state index contributed by atoms with van der Waals surface area (Å²) < 4.78 is 39.2. The van der Waals surface area contributed by atoms with Gasteiger partial charge in [0.15, 0.2) is 11.6 Å². The summed E-state index contributed by atoms with van der Waals surface area (Å²) in [5.41, 5.74) is -0.312.